The smallest absolute Gasteiger partial charge is 0.151 e. The maximum atomic E-state index is 9.68. The van der Waals surface area contributed by atoms with E-state index in [1.165, 1.54) is 12.0 Å². The summed E-state index contributed by atoms with van der Waals surface area (Å²) in [5, 5.41) is 17.5. The summed E-state index contributed by atoms with van der Waals surface area (Å²) in [5.41, 5.74) is 3.24. The number of nitrogens with zero attached hydrogens (tertiary/aromatic N) is 7. The number of aromatic nitrogens is 2. The molecule has 1 aromatic carbocycles. The predicted molar refractivity (Wildman–Crippen MR) is 148 cm³/mol. The molecule has 3 aliphatic heterocycles. The summed E-state index contributed by atoms with van der Waals surface area (Å²) in [6.07, 6.45) is 9.11. The number of aliphatic hydroxyl groups is 1. The Balaban J connectivity index is 0.00000148. The van der Waals surface area contributed by atoms with E-state index in [0.717, 1.165) is 59.2 Å². The van der Waals surface area contributed by atoms with Crippen LogP contribution in [0.2, 0.25) is 0 Å². The second-order valence-electron chi connectivity index (χ2n) is 9.43. The van der Waals surface area contributed by atoms with Gasteiger partial charge in [0.15, 0.2) is 5.82 Å². The normalized spacial score (nSPS) is 21.9. The van der Waals surface area contributed by atoms with Gasteiger partial charge < -0.3 is 14.9 Å². The summed E-state index contributed by atoms with van der Waals surface area (Å²) < 4.78 is 0. The Morgan fingerprint density at radius 1 is 1.08 bits per heavy atom. The van der Waals surface area contributed by atoms with Crippen molar-refractivity contribution in [2.24, 2.45) is 10.1 Å². The quantitative estimate of drug-likeness (QED) is 0.626. The summed E-state index contributed by atoms with van der Waals surface area (Å²) >= 11 is 0. The lowest BCUT2D eigenvalue weighted by molar-refractivity contribution is 0.0465. The monoisotopic (exact) mass is 489 g/mol. The molecule has 4 heterocycles. The van der Waals surface area contributed by atoms with Crippen molar-refractivity contribution in [3.8, 4) is 0 Å². The number of amidine groups is 1. The molecule has 1 N–H and O–H groups in total. The first-order chi connectivity index (χ1) is 17.4. The van der Waals surface area contributed by atoms with Gasteiger partial charge in [0.2, 0.25) is 0 Å². The molecule has 8 nitrogen and oxygen atoms in total. The van der Waals surface area contributed by atoms with Gasteiger partial charge in [-0.25, -0.2) is 20.0 Å². The highest BCUT2D eigenvalue weighted by Gasteiger charge is 2.31. The summed E-state index contributed by atoms with van der Waals surface area (Å²) in [6, 6.07) is 6.52. The number of benzene rings is 1. The van der Waals surface area contributed by atoms with E-state index < -0.39 is 0 Å². The Morgan fingerprint density at radius 2 is 1.86 bits per heavy atom. The minimum Gasteiger partial charge on any atom is -0.389 e. The van der Waals surface area contributed by atoms with Gasteiger partial charge in [-0.05, 0) is 65.2 Å². The lowest BCUT2D eigenvalue weighted by Crippen LogP contribution is -2.54. The Morgan fingerprint density at radius 3 is 2.58 bits per heavy atom. The first-order valence-corrected chi connectivity index (χ1v) is 13.1. The molecule has 0 aliphatic carbocycles. The molecule has 3 aliphatic rings. The lowest BCUT2D eigenvalue weighted by Gasteiger charge is -2.40. The van der Waals surface area contributed by atoms with Crippen LogP contribution in [0, 0.1) is 13.8 Å². The third-order valence-electron chi connectivity index (χ3n) is 6.67. The third kappa shape index (κ3) is 5.28. The number of aliphatic imine (C=N–C) groups is 1. The van der Waals surface area contributed by atoms with E-state index in [0.29, 0.717) is 13.1 Å². The fraction of sp³-hybridized carbons (Fsp3) is 0.500. The van der Waals surface area contributed by atoms with E-state index in [1.54, 1.807) is 0 Å². The van der Waals surface area contributed by atoms with Crippen molar-refractivity contribution < 1.29 is 5.11 Å². The zero-order valence-corrected chi connectivity index (χ0v) is 22.4. The van der Waals surface area contributed by atoms with Crippen molar-refractivity contribution in [2.75, 3.05) is 24.5 Å². The van der Waals surface area contributed by atoms with Crippen LogP contribution in [0.5, 0.6) is 0 Å². The average Bonchev–Trinajstić information content (AvgIpc) is 2.87. The Bertz CT molecular complexity index is 1210. The van der Waals surface area contributed by atoms with Crippen LogP contribution in [0.4, 0.5) is 5.82 Å². The highest BCUT2D eigenvalue weighted by Crippen LogP contribution is 2.30. The zero-order chi connectivity index (χ0) is 25.8. The first-order valence-electron chi connectivity index (χ1n) is 13.1. The molecule has 1 atom stereocenters. The Hall–Kier alpha value is -3.26. The highest BCUT2D eigenvalue weighted by molar-refractivity contribution is 5.99. The van der Waals surface area contributed by atoms with E-state index in [1.807, 2.05) is 58.1 Å². The second-order valence-corrected chi connectivity index (χ2v) is 9.43. The van der Waals surface area contributed by atoms with Crippen LogP contribution in [-0.2, 0) is 0 Å². The SMILES string of the molecule is C/C=C1/N=C(N2CC(O)C2)C(C)=CN1/N=C/[C@@H]1CCCCN1c1nc(C)nc2ccc(C)cc12.CC. The van der Waals surface area contributed by atoms with Crippen LogP contribution in [0.25, 0.3) is 10.9 Å². The van der Waals surface area contributed by atoms with Crippen LogP contribution in [-0.4, -0.2) is 68.8 Å². The van der Waals surface area contributed by atoms with Gasteiger partial charge in [0, 0.05) is 43.0 Å². The maximum Gasteiger partial charge on any atom is 0.151 e. The fourth-order valence-corrected chi connectivity index (χ4v) is 4.88. The van der Waals surface area contributed by atoms with E-state index in [-0.39, 0.29) is 12.1 Å². The molecule has 0 saturated carbocycles. The van der Waals surface area contributed by atoms with Crippen LogP contribution in [0.3, 0.4) is 0 Å². The van der Waals surface area contributed by atoms with Crippen molar-refractivity contribution in [1.29, 1.82) is 0 Å². The molecule has 0 radical (unpaired) electrons. The molecule has 5 rings (SSSR count). The largest absolute Gasteiger partial charge is 0.389 e. The van der Waals surface area contributed by atoms with Crippen LogP contribution in [0.1, 0.15) is 58.3 Å². The first kappa shape index (κ1) is 25.8. The molecule has 2 saturated heterocycles. The van der Waals surface area contributed by atoms with Crippen LogP contribution >= 0.6 is 0 Å². The number of hydrazone groups is 1. The molecule has 0 bridgehead atoms. The maximum absolute atomic E-state index is 9.68. The number of aliphatic hydroxyl groups excluding tert-OH is 1. The molecular formula is C28H39N7O. The number of allylic oxidation sites excluding steroid dienone is 1. The molecule has 8 heteroatoms. The number of likely N-dealkylation sites (tertiary alicyclic amines) is 1. The standard InChI is InChI=1S/C26H33N7O.C2H6/c1-5-24-30-25(31-15-21(34)16-31)18(3)14-33(24)27-13-20-8-6-7-11-32(20)26-22-12-17(2)9-10-23(22)28-19(4)29-26;1-2/h5,9-10,12-14,20-21,34H,6-8,11,15-16H2,1-4H3;1-2H3/b24-5-,27-13+;/t20-;/m0./s1. The predicted octanol–water partition coefficient (Wildman–Crippen LogP) is 4.77. The number of hydrogen-bond donors (Lipinski definition) is 1. The summed E-state index contributed by atoms with van der Waals surface area (Å²) in [4.78, 5) is 18.8. The van der Waals surface area contributed by atoms with Gasteiger partial charge in [-0.2, -0.15) is 5.10 Å². The molecule has 0 amide bonds. The lowest BCUT2D eigenvalue weighted by atomic mass is 10.0. The number of hydrogen-bond acceptors (Lipinski definition) is 8. The molecular weight excluding hydrogens is 450 g/mol. The van der Waals surface area contributed by atoms with E-state index in [9.17, 15) is 5.11 Å². The van der Waals surface area contributed by atoms with Crippen molar-refractivity contribution in [1.82, 2.24) is 19.9 Å². The van der Waals surface area contributed by atoms with Gasteiger partial charge in [-0.15, -0.1) is 0 Å². The number of aryl methyl sites for hydroxylation is 2. The number of rotatable bonds is 3. The van der Waals surface area contributed by atoms with E-state index in [2.05, 4.69) is 39.9 Å². The van der Waals surface area contributed by atoms with Crippen LogP contribution in [0.15, 0.2) is 52.0 Å². The third-order valence-corrected chi connectivity index (χ3v) is 6.67. The topological polar surface area (TPSA) is 80.5 Å². The summed E-state index contributed by atoms with van der Waals surface area (Å²) in [7, 11) is 0. The molecule has 2 aromatic rings. The molecule has 1 aromatic heterocycles. The molecule has 36 heavy (non-hydrogen) atoms. The van der Waals surface area contributed by atoms with Gasteiger partial charge in [-0.3, -0.25) is 0 Å². The van der Waals surface area contributed by atoms with Gasteiger partial charge in [0.1, 0.15) is 17.5 Å². The minimum atomic E-state index is -0.261. The fourth-order valence-electron chi connectivity index (χ4n) is 4.88. The van der Waals surface area contributed by atoms with E-state index >= 15 is 0 Å². The molecule has 192 valence electrons. The minimum absolute atomic E-state index is 0.148. The summed E-state index contributed by atoms with van der Waals surface area (Å²) in [6.45, 7) is 14.3. The second kappa shape index (κ2) is 11.2. The van der Waals surface area contributed by atoms with Crippen molar-refractivity contribution >= 4 is 28.8 Å². The summed E-state index contributed by atoms with van der Waals surface area (Å²) in [5.74, 6) is 3.49. The number of piperidine rings is 1. The van der Waals surface area contributed by atoms with Gasteiger partial charge in [-0.1, -0.05) is 25.5 Å². The number of fused-ring (bicyclic) bond motifs is 1. The van der Waals surface area contributed by atoms with Crippen molar-refractivity contribution in [2.45, 2.75) is 73.0 Å². The molecule has 2 fully saturated rings. The number of β-amino-alcohol motifs (C(OH)–C–C–N with tert-alkyl or cyclic N) is 1. The highest BCUT2D eigenvalue weighted by atomic mass is 16.3. The average molecular weight is 490 g/mol. The number of anilines is 1. The molecule has 0 unspecified atom stereocenters. The zero-order valence-electron chi connectivity index (χ0n) is 22.4. The van der Waals surface area contributed by atoms with Gasteiger partial charge in [0.05, 0.1) is 17.7 Å². The van der Waals surface area contributed by atoms with Crippen molar-refractivity contribution in [3.63, 3.8) is 0 Å². The van der Waals surface area contributed by atoms with Gasteiger partial charge in [0.25, 0.3) is 0 Å². The van der Waals surface area contributed by atoms with Crippen LogP contribution < -0.4 is 4.90 Å². The van der Waals surface area contributed by atoms with Crippen molar-refractivity contribution in [3.05, 3.63) is 53.3 Å². The Kier molecular flexibility index (Phi) is 8.04. The van der Waals surface area contributed by atoms with E-state index in [4.69, 9.17) is 15.1 Å². The van der Waals surface area contributed by atoms with Gasteiger partial charge >= 0.3 is 0 Å². The molecule has 0 spiro atoms. The Labute approximate surface area is 214 Å².